The molecule has 0 fully saturated rings. The van der Waals surface area contributed by atoms with Gasteiger partial charge in [0.15, 0.2) is 11.5 Å². The molecule has 1 aliphatic heterocycles. The van der Waals surface area contributed by atoms with Gasteiger partial charge >= 0.3 is 0 Å². The second kappa shape index (κ2) is 12.2. The number of fused-ring (bicyclic) bond motifs is 7. The molecule has 0 bridgehead atoms. The lowest BCUT2D eigenvalue weighted by atomic mass is 9.67. The predicted octanol–water partition coefficient (Wildman–Crippen LogP) is 14.5. The normalized spacial score (nSPS) is 13.3. The number of rotatable bonds is 5. The van der Waals surface area contributed by atoms with Gasteiger partial charge in [-0.1, -0.05) is 133 Å². The zero-order valence-corrected chi connectivity index (χ0v) is 30.7. The molecule has 57 heavy (non-hydrogen) atoms. The van der Waals surface area contributed by atoms with Gasteiger partial charge in [0.05, 0.1) is 16.5 Å². The zero-order valence-electron chi connectivity index (χ0n) is 30.7. The van der Waals surface area contributed by atoms with E-state index in [4.69, 9.17) is 13.9 Å². The van der Waals surface area contributed by atoms with Crippen LogP contribution in [0.3, 0.4) is 0 Å². The quantitative estimate of drug-likeness (QED) is 0.177. The number of anilines is 3. The first-order chi connectivity index (χ1) is 28.2. The van der Waals surface area contributed by atoms with Crippen molar-refractivity contribution in [3.05, 3.63) is 222 Å². The predicted molar refractivity (Wildman–Crippen MR) is 230 cm³/mol. The van der Waals surface area contributed by atoms with Crippen LogP contribution >= 0.6 is 0 Å². The molecule has 0 radical (unpaired) electrons. The van der Waals surface area contributed by atoms with Crippen LogP contribution in [0.2, 0.25) is 0 Å². The monoisotopic (exact) mass is 731 g/mol. The molecule has 0 spiro atoms. The van der Waals surface area contributed by atoms with E-state index in [9.17, 15) is 0 Å². The van der Waals surface area contributed by atoms with E-state index in [-0.39, 0.29) is 0 Å². The molecule has 0 amide bonds. The number of nitrogens with zero attached hydrogens (tertiary/aromatic N) is 1. The van der Waals surface area contributed by atoms with Crippen LogP contribution in [0.25, 0.3) is 43.8 Å². The van der Waals surface area contributed by atoms with Crippen LogP contribution in [0.5, 0.6) is 23.0 Å². The van der Waals surface area contributed by atoms with Crippen molar-refractivity contribution in [1.82, 2.24) is 0 Å². The summed E-state index contributed by atoms with van der Waals surface area (Å²) in [5.74, 6) is 2.84. The highest BCUT2D eigenvalue weighted by atomic mass is 16.5. The van der Waals surface area contributed by atoms with Crippen LogP contribution in [0.1, 0.15) is 22.3 Å². The second-order valence-corrected chi connectivity index (χ2v) is 14.8. The molecule has 0 unspecified atom stereocenters. The molecule has 12 rings (SSSR count). The maximum absolute atomic E-state index is 6.74. The molecule has 10 aromatic rings. The number of hydrogen-bond donors (Lipinski definition) is 0. The average Bonchev–Trinajstić information content (AvgIpc) is 3.72. The average molecular weight is 732 g/mol. The molecule has 2 heterocycles. The fourth-order valence-electron chi connectivity index (χ4n) is 9.35. The van der Waals surface area contributed by atoms with Crippen molar-refractivity contribution in [3.8, 4) is 34.1 Å². The topological polar surface area (TPSA) is 34.8 Å². The zero-order chi connectivity index (χ0) is 37.5. The van der Waals surface area contributed by atoms with Crippen LogP contribution < -0.4 is 14.4 Å². The molecule has 9 aromatic carbocycles. The maximum atomic E-state index is 6.74. The van der Waals surface area contributed by atoms with E-state index < -0.39 is 5.41 Å². The highest BCUT2D eigenvalue weighted by molar-refractivity contribution is 6.06. The number of benzene rings is 9. The van der Waals surface area contributed by atoms with Gasteiger partial charge < -0.3 is 18.8 Å². The minimum absolute atomic E-state index is 0.548. The molecule has 4 heteroatoms. The first-order valence-electron chi connectivity index (χ1n) is 19.3. The molecular formula is C53H33NO3. The number of ether oxygens (including phenoxy) is 2. The van der Waals surface area contributed by atoms with Gasteiger partial charge in [-0.25, -0.2) is 0 Å². The van der Waals surface area contributed by atoms with E-state index >= 15 is 0 Å². The molecule has 0 saturated carbocycles. The summed E-state index contributed by atoms with van der Waals surface area (Å²) in [4.78, 5) is 2.30. The van der Waals surface area contributed by atoms with E-state index in [1.807, 2.05) is 42.5 Å². The van der Waals surface area contributed by atoms with Crippen molar-refractivity contribution in [2.45, 2.75) is 5.41 Å². The van der Waals surface area contributed by atoms with Gasteiger partial charge in [-0.3, -0.25) is 0 Å². The Balaban J connectivity index is 1.10. The van der Waals surface area contributed by atoms with E-state index in [1.54, 1.807) is 0 Å². The first kappa shape index (κ1) is 31.8. The summed E-state index contributed by atoms with van der Waals surface area (Å²) in [6, 6.07) is 70.8. The summed E-state index contributed by atoms with van der Waals surface area (Å²) in [6.45, 7) is 0. The largest absolute Gasteiger partial charge is 0.456 e. The lowest BCUT2D eigenvalue weighted by Gasteiger charge is -2.35. The van der Waals surface area contributed by atoms with Gasteiger partial charge in [0, 0.05) is 34.3 Å². The van der Waals surface area contributed by atoms with Crippen molar-refractivity contribution in [2.24, 2.45) is 0 Å². The summed E-state index contributed by atoms with van der Waals surface area (Å²) < 4.78 is 19.8. The van der Waals surface area contributed by atoms with Crippen LogP contribution in [0, 0.1) is 0 Å². The van der Waals surface area contributed by atoms with Crippen molar-refractivity contribution in [1.29, 1.82) is 0 Å². The van der Waals surface area contributed by atoms with Gasteiger partial charge in [0.25, 0.3) is 0 Å². The summed E-state index contributed by atoms with van der Waals surface area (Å²) in [5.41, 5.74) is 11.4. The Bertz CT molecular complexity index is 3160. The number of furan rings is 1. The van der Waals surface area contributed by atoms with Gasteiger partial charge in [0.1, 0.15) is 22.7 Å². The molecule has 1 aliphatic carbocycles. The van der Waals surface area contributed by atoms with Crippen molar-refractivity contribution < 1.29 is 13.9 Å². The smallest absolute Gasteiger partial charge is 0.172 e. The summed E-state index contributed by atoms with van der Waals surface area (Å²) in [5, 5.41) is 4.20. The van der Waals surface area contributed by atoms with Crippen LogP contribution in [0.4, 0.5) is 17.1 Å². The third kappa shape index (κ3) is 4.68. The Kier molecular flexibility index (Phi) is 6.81. The Morgan fingerprint density at radius 2 is 0.965 bits per heavy atom. The van der Waals surface area contributed by atoms with Crippen molar-refractivity contribution >= 4 is 49.8 Å². The Morgan fingerprint density at radius 3 is 1.75 bits per heavy atom. The van der Waals surface area contributed by atoms with E-state index in [0.717, 1.165) is 61.3 Å². The van der Waals surface area contributed by atoms with Crippen molar-refractivity contribution in [2.75, 3.05) is 4.90 Å². The molecule has 4 nitrogen and oxygen atoms in total. The molecular weight excluding hydrogens is 699 g/mol. The highest BCUT2D eigenvalue weighted by Gasteiger charge is 2.46. The summed E-state index contributed by atoms with van der Waals surface area (Å²) >= 11 is 0. The van der Waals surface area contributed by atoms with E-state index in [0.29, 0.717) is 11.5 Å². The Hall–Kier alpha value is -7.56. The van der Waals surface area contributed by atoms with Crippen LogP contribution in [-0.4, -0.2) is 0 Å². The fourth-order valence-corrected chi connectivity index (χ4v) is 9.35. The Morgan fingerprint density at radius 1 is 0.368 bits per heavy atom. The van der Waals surface area contributed by atoms with E-state index in [2.05, 4.69) is 163 Å². The molecule has 0 saturated heterocycles. The SMILES string of the molecule is c1ccc(C2(c3ccccc3)c3ccccc3-c3ccc(N(c4ccc5c(c4)Oc4cccc6cccc(c46)O5)c4ccc5c(c4)oc4ccccc45)cc32)cc1. The lowest BCUT2D eigenvalue weighted by Crippen LogP contribution is -2.28. The van der Waals surface area contributed by atoms with E-state index in [1.165, 1.54) is 33.4 Å². The molecule has 2 aliphatic rings. The summed E-state index contributed by atoms with van der Waals surface area (Å²) in [7, 11) is 0. The van der Waals surface area contributed by atoms with Gasteiger partial charge in [-0.05, 0) is 93.4 Å². The third-order valence-corrected chi connectivity index (χ3v) is 11.8. The van der Waals surface area contributed by atoms with Gasteiger partial charge in [-0.15, -0.1) is 0 Å². The van der Waals surface area contributed by atoms with Gasteiger partial charge in [0.2, 0.25) is 0 Å². The molecule has 0 N–H and O–H groups in total. The number of para-hydroxylation sites is 1. The minimum atomic E-state index is -0.548. The fraction of sp³-hybridized carbons (Fsp3) is 0.0189. The lowest BCUT2D eigenvalue weighted by molar-refractivity contribution is 0.439. The molecule has 0 atom stereocenters. The standard InChI is InChI=1S/C53H33NO3/c1-3-15-35(16-4-1)53(36-17-5-2-6-18-36)44-21-9-7-19-40(44)41-28-25-37(31-45(41)53)54(38-26-29-43-42-20-8-10-22-46(42)55-50(43)32-38)39-27-30-47-51(33-39)57-49-24-12-14-34-13-11-23-48(56-47)52(34)49/h1-33H. The van der Waals surface area contributed by atoms with Crippen LogP contribution in [0.15, 0.2) is 205 Å². The summed E-state index contributed by atoms with van der Waals surface area (Å²) in [6.07, 6.45) is 0. The van der Waals surface area contributed by atoms with Crippen molar-refractivity contribution in [3.63, 3.8) is 0 Å². The Labute approximate surface area is 329 Å². The maximum Gasteiger partial charge on any atom is 0.172 e. The first-order valence-corrected chi connectivity index (χ1v) is 19.3. The highest BCUT2D eigenvalue weighted by Crippen LogP contribution is 2.57. The molecule has 268 valence electrons. The van der Waals surface area contributed by atoms with Gasteiger partial charge in [-0.2, -0.15) is 0 Å². The molecule has 1 aromatic heterocycles. The van der Waals surface area contributed by atoms with Crippen LogP contribution in [-0.2, 0) is 5.41 Å². The minimum Gasteiger partial charge on any atom is -0.456 e. The number of hydrogen-bond acceptors (Lipinski definition) is 4. The second-order valence-electron chi connectivity index (χ2n) is 14.8. The third-order valence-electron chi connectivity index (χ3n) is 11.8.